The summed E-state index contributed by atoms with van der Waals surface area (Å²) in [5.41, 5.74) is 6.44. The number of aromatic nitrogens is 1. The van der Waals surface area contributed by atoms with Gasteiger partial charge in [0.25, 0.3) is 5.69 Å². The van der Waals surface area contributed by atoms with Gasteiger partial charge >= 0.3 is 0 Å². The highest BCUT2D eigenvalue weighted by Crippen LogP contribution is 2.19. The van der Waals surface area contributed by atoms with Crippen molar-refractivity contribution >= 4 is 17.3 Å². The van der Waals surface area contributed by atoms with Crippen molar-refractivity contribution in [1.82, 2.24) is 4.98 Å². The van der Waals surface area contributed by atoms with E-state index in [1.807, 2.05) is 24.3 Å². The van der Waals surface area contributed by atoms with E-state index in [1.165, 1.54) is 12.1 Å². The molecule has 0 aliphatic rings. The molecular weight excluding hydrogens is 260 g/mol. The zero-order valence-electron chi connectivity index (χ0n) is 10.9. The second kappa shape index (κ2) is 5.87. The average Bonchev–Trinajstić information content (AvgIpc) is 2.45. The topological polar surface area (TPSA) is 103 Å². The SMILES string of the molecule is COc1ccc(CNc2cc([N+](=O)[O-])cc(N)n2)cc1. The molecule has 104 valence electrons. The van der Waals surface area contributed by atoms with Gasteiger partial charge in [0.05, 0.1) is 24.2 Å². The van der Waals surface area contributed by atoms with Gasteiger partial charge in [0.15, 0.2) is 0 Å². The van der Waals surface area contributed by atoms with E-state index in [-0.39, 0.29) is 11.5 Å². The minimum Gasteiger partial charge on any atom is -0.497 e. The van der Waals surface area contributed by atoms with E-state index < -0.39 is 4.92 Å². The molecule has 1 aromatic heterocycles. The summed E-state index contributed by atoms with van der Waals surface area (Å²) in [6.45, 7) is 0.484. The molecule has 0 bridgehead atoms. The van der Waals surface area contributed by atoms with Crippen molar-refractivity contribution in [3.63, 3.8) is 0 Å². The third kappa shape index (κ3) is 3.35. The average molecular weight is 274 g/mol. The molecule has 0 unspecified atom stereocenters. The Bertz CT molecular complexity index is 614. The van der Waals surface area contributed by atoms with E-state index >= 15 is 0 Å². The van der Waals surface area contributed by atoms with Gasteiger partial charge in [0, 0.05) is 6.54 Å². The van der Waals surface area contributed by atoms with Gasteiger partial charge in [-0.15, -0.1) is 0 Å². The molecule has 0 saturated carbocycles. The number of nitro groups is 1. The number of methoxy groups -OCH3 is 1. The summed E-state index contributed by atoms with van der Waals surface area (Å²) < 4.78 is 5.07. The lowest BCUT2D eigenvalue weighted by Gasteiger charge is -2.07. The van der Waals surface area contributed by atoms with Crippen molar-refractivity contribution in [2.75, 3.05) is 18.2 Å². The highest BCUT2D eigenvalue weighted by molar-refractivity contribution is 5.52. The van der Waals surface area contributed by atoms with Gasteiger partial charge in [0.1, 0.15) is 17.4 Å². The number of benzene rings is 1. The van der Waals surface area contributed by atoms with Gasteiger partial charge in [-0.3, -0.25) is 10.1 Å². The summed E-state index contributed by atoms with van der Waals surface area (Å²) in [5.74, 6) is 1.25. The Hall–Kier alpha value is -2.83. The van der Waals surface area contributed by atoms with Crippen LogP contribution in [0.1, 0.15) is 5.56 Å². The lowest BCUT2D eigenvalue weighted by molar-refractivity contribution is -0.384. The van der Waals surface area contributed by atoms with Crippen molar-refractivity contribution in [2.24, 2.45) is 0 Å². The number of nitrogens with one attached hydrogen (secondary N) is 1. The Labute approximate surface area is 115 Å². The van der Waals surface area contributed by atoms with E-state index in [9.17, 15) is 10.1 Å². The number of hydrogen-bond donors (Lipinski definition) is 2. The maximum atomic E-state index is 10.7. The predicted molar refractivity (Wildman–Crippen MR) is 75.6 cm³/mol. The number of rotatable bonds is 5. The van der Waals surface area contributed by atoms with E-state index in [2.05, 4.69) is 10.3 Å². The molecule has 0 fully saturated rings. The van der Waals surface area contributed by atoms with Gasteiger partial charge in [-0.1, -0.05) is 12.1 Å². The molecule has 3 N–H and O–H groups in total. The molecule has 2 aromatic rings. The van der Waals surface area contributed by atoms with Crippen molar-refractivity contribution < 1.29 is 9.66 Å². The Balaban J connectivity index is 2.08. The van der Waals surface area contributed by atoms with E-state index in [1.54, 1.807) is 7.11 Å². The van der Waals surface area contributed by atoms with E-state index in [0.29, 0.717) is 12.4 Å². The van der Waals surface area contributed by atoms with Crippen molar-refractivity contribution in [3.8, 4) is 5.75 Å². The van der Waals surface area contributed by atoms with Crippen LogP contribution in [0.5, 0.6) is 5.75 Å². The third-order valence-corrected chi connectivity index (χ3v) is 2.67. The summed E-state index contributed by atoms with van der Waals surface area (Å²) in [6, 6.07) is 10.0. The second-order valence-corrected chi connectivity index (χ2v) is 4.09. The lowest BCUT2D eigenvalue weighted by atomic mass is 10.2. The van der Waals surface area contributed by atoms with Crippen LogP contribution in [-0.2, 0) is 6.54 Å². The first kappa shape index (κ1) is 13.6. The molecule has 1 heterocycles. The second-order valence-electron chi connectivity index (χ2n) is 4.09. The van der Waals surface area contributed by atoms with Crippen LogP contribution in [-0.4, -0.2) is 17.0 Å². The largest absolute Gasteiger partial charge is 0.497 e. The Morgan fingerprint density at radius 3 is 2.65 bits per heavy atom. The highest BCUT2D eigenvalue weighted by atomic mass is 16.6. The molecule has 0 amide bonds. The van der Waals surface area contributed by atoms with Crippen LogP contribution in [0.4, 0.5) is 17.3 Å². The molecule has 0 spiro atoms. The fourth-order valence-electron chi connectivity index (χ4n) is 1.67. The van der Waals surface area contributed by atoms with E-state index in [4.69, 9.17) is 10.5 Å². The molecule has 2 rings (SSSR count). The number of pyridine rings is 1. The first-order valence-corrected chi connectivity index (χ1v) is 5.87. The number of nitrogen functional groups attached to an aromatic ring is 1. The molecule has 20 heavy (non-hydrogen) atoms. The van der Waals surface area contributed by atoms with Gasteiger partial charge < -0.3 is 15.8 Å². The first-order valence-electron chi connectivity index (χ1n) is 5.87. The van der Waals surface area contributed by atoms with Crippen LogP contribution in [0.3, 0.4) is 0 Å². The fraction of sp³-hybridized carbons (Fsp3) is 0.154. The third-order valence-electron chi connectivity index (χ3n) is 2.67. The predicted octanol–water partition coefficient (Wildman–Crippen LogP) is 2.19. The Morgan fingerprint density at radius 2 is 2.05 bits per heavy atom. The summed E-state index contributed by atoms with van der Waals surface area (Å²) >= 11 is 0. The zero-order chi connectivity index (χ0) is 14.5. The monoisotopic (exact) mass is 274 g/mol. The molecule has 0 aliphatic heterocycles. The van der Waals surface area contributed by atoms with Crippen molar-refractivity contribution in [1.29, 1.82) is 0 Å². The molecule has 7 heteroatoms. The van der Waals surface area contributed by atoms with Crippen LogP contribution in [0.15, 0.2) is 36.4 Å². The van der Waals surface area contributed by atoms with Gasteiger partial charge in [-0.25, -0.2) is 4.98 Å². The normalized spacial score (nSPS) is 10.1. The molecule has 0 atom stereocenters. The summed E-state index contributed by atoms with van der Waals surface area (Å²) in [5, 5.41) is 13.7. The van der Waals surface area contributed by atoms with Crippen LogP contribution in [0.25, 0.3) is 0 Å². The van der Waals surface area contributed by atoms with Gasteiger partial charge in [0.2, 0.25) is 0 Å². The highest BCUT2D eigenvalue weighted by Gasteiger charge is 2.09. The maximum absolute atomic E-state index is 10.7. The minimum atomic E-state index is -0.503. The Morgan fingerprint density at radius 1 is 1.35 bits per heavy atom. The molecule has 0 aliphatic carbocycles. The number of nitrogens with zero attached hydrogens (tertiary/aromatic N) is 2. The molecule has 1 aromatic carbocycles. The smallest absolute Gasteiger partial charge is 0.276 e. The van der Waals surface area contributed by atoms with Crippen LogP contribution in [0.2, 0.25) is 0 Å². The molecular formula is C13H14N4O3. The quantitative estimate of drug-likeness (QED) is 0.640. The van der Waals surface area contributed by atoms with Crippen LogP contribution < -0.4 is 15.8 Å². The first-order chi connectivity index (χ1) is 9.58. The lowest BCUT2D eigenvalue weighted by Crippen LogP contribution is -2.04. The molecule has 0 saturated heterocycles. The fourth-order valence-corrected chi connectivity index (χ4v) is 1.67. The Kier molecular flexibility index (Phi) is 3.99. The molecule has 7 nitrogen and oxygen atoms in total. The van der Waals surface area contributed by atoms with Gasteiger partial charge in [-0.05, 0) is 17.7 Å². The number of anilines is 2. The standard InChI is InChI=1S/C13H14N4O3/c1-20-11-4-2-9(3-5-11)8-15-13-7-10(17(18)19)6-12(14)16-13/h2-7H,8H2,1H3,(H3,14,15,16). The summed E-state index contributed by atoms with van der Waals surface area (Å²) in [6.07, 6.45) is 0. The van der Waals surface area contributed by atoms with Crippen molar-refractivity contribution in [3.05, 3.63) is 52.1 Å². The van der Waals surface area contributed by atoms with Crippen LogP contribution in [0, 0.1) is 10.1 Å². The van der Waals surface area contributed by atoms with Gasteiger partial charge in [-0.2, -0.15) is 0 Å². The maximum Gasteiger partial charge on any atom is 0.276 e. The van der Waals surface area contributed by atoms with E-state index in [0.717, 1.165) is 11.3 Å². The summed E-state index contributed by atoms with van der Waals surface area (Å²) in [4.78, 5) is 14.2. The number of ether oxygens (including phenoxy) is 1. The minimum absolute atomic E-state index is 0.0882. The van der Waals surface area contributed by atoms with Crippen LogP contribution >= 0.6 is 0 Å². The number of hydrogen-bond acceptors (Lipinski definition) is 6. The zero-order valence-corrected chi connectivity index (χ0v) is 10.9. The summed E-state index contributed by atoms with van der Waals surface area (Å²) in [7, 11) is 1.60. The van der Waals surface area contributed by atoms with Crippen molar-refractivity contribution in [2.45, 2.75) is 6.54 Å². The molecule has 0 radical (unpaired) electrons. The number of nitrogens with two attached hydrogens (primary N) is 1.